The Morgan fingerprint density at radius 1 is 0.774 bits per heavy atom. The van der Waals surface area contributed by atoms with Crippen LogP contribution >= 0.6 is 15.9 Å². The Labute approximate surface area is 188 Å². The molecule has 3 aromatic rings. The Morgan fingerprint density at radius 2 is 1.29 bits per heavy atom. The topological polar surface area (TPSA) is 95.6 Å². The number of para-hydroxylation sites is 2. The molecule has 0 aliphatic heterocycles. The van der Waals surface area contributed by atoms with E-state index in [1.54, 1.807) is 84.9 Å². The third kappa shape index (κ3) is 6.27. The second kappa shape index (κ2) is 10.1. The molecule has 9 heteroatoms. The van der Waals surface area contributed by atoms with Crippen molar-refractivity contribution in [3.63, 3.8) is 0 Å². The van der Waals surface area contributed by atoms with Crippen LogP contribution < -0.4 is 10.6 Å². The molecule has 0 bridgehead atoms. The third-order valence-electron chi connectivity index (χ3n) is 3.95. The molecule has 0 aliphatic carbocycles. The molecule has 0 aromatic heterocycles. The SMILES string of the molecule is O=C(Nc1ccccc1)N(C(=O)Nc1ccccc1)S(=O)(=O)/C=C/c1cccc(Br)c1. The smallest absolute Gasteiger partial charge is 0.307 e. The first kappa shape index (κ1) is 22.3. The van der Waals surface area contributed by atoms with Crippen molar-refractivity contribution in [2.75, 3.05) is 10.6 Å². The van der Waals surface area contributed by atoms with Crippen LogP contribution in [0.5, 0.6) is 0 Å². The van der Waals surface area contributed by atoms with Crippen LogP contribution in [0, 0.1) is 0 Å². The summed E-state index contributed by atoms with van der Waals surface area (Å²) in [4.78, 5) is 25.6. The molecule has 0 fully saturated rings. The monoisotopic (exact) mass is 499 g/mol. The molecule has 3 aromatic carbocycles. The van der Waals surface area contributed by atoms with Crippen LogP contribution in [0.2, 0.25) is 0 Å². The quantitative estimate of drug-likeness (QED) is 0.483. The van der Waals surface area contributed by atoms with Crippen molar-refractivity contribution >= 4 is 55.5 Å². The number of rotatable bonds is 5. The van der Waals surface area contributed by atoms with Crippen LogP contribution in [0.3, 0.4) is 0 Å². The number of imide groups is 1. The van der Waals surface area contributed by atoms with Crippen LogP contribution in [0.1, 0.15) is 5.56 Å². The highest BCUT2D eigenvalue weighted by Gasteiger charge is 2.32. The molecule has 0 aliphatic rings. The normalized spacial score (nSPS) is 11.1. The number of carbonyl (C=O) groups excluding carboxylic acids is 2. The zero-order valence-electron chi connectivity index (χ0n) is 16.1. The fourth-order valence-electron chi connectivity index (χ4n) is 2.55. The Bertz CT molecular complexity index is 1150. The summed E-state index contributed by atoms with van der Waals surface area (Å²) in [6.07, 6.45) is 1.30. The van der Waals surface area contributed by atoms with Crippen molar-refractivity contribution in [2.24, 2.45) is 0 Å². The van der Waals surface area contributed by atoms with E-state index in [4.69, 9.17) is 0 Å². The maximum atomic E-state index is 13.0. The number of benzene rings is 3. The standard InChI is InChI=1S/C22H18BrN3O4S/c23-18-9-7-8-17(16-18)14-15-31(29,30)26(21(27)24-19-10-3-1-4-11-19)22(28)25-20-12-5-2-6-13-20/h1-16H,(H,24,27)(H,25,28)/b15-14+. The minimum absolute atomic E-state index is 0.154. The summed E-state index contributed by atoms with van der Waals surface area (Å²) in [7, 11) is -4.46. The molecule has 4 amide bonds. The van der Waals surface area contributed by atoms with Gasteiger partial charge in [0.1, 0.15) is 0 Å². The number of hydrogen-bond donors (Lipinski definition) is 2. The van der Waals surface area contributed by atoms with E-state index in [1.807, 2.05) is 0 Å². The van der Waals surface area contributed by atoms with E-state index in [1.165, 1.54) is 6.08 Å². The highest BCUT2D eigenvalue weighted by Crippen LogP contribution is 2.17. The lowest BCUT2D eigenvalue weighted by Crippen LogP contribution is -2.45. The van der Waals surface area contributed by atoms with Crippen molar-refractivity contribution in [3.05, 3.63) is 100 Å². The van der Waals surface area contributed by atoms with Crippen molar-refractivity contribution < 1.29 is 18.0 Å². The molecule has 0 atom stereocenters. The number of amides is 4. The Hall–Kier alpha value is -3.43. The van der Waals surface area contributed by atoms with Gasteiger partial charge in [-0.05, 0) is 48.0 Å². The molecule has 0 saturated heterocycles. The average molecular weight is 500 g/mol. The number of anilines is 2. The zero-order chi connectivity index (χ0) is 22.3. The minimum atomic E-state index is -4.46. The zero-order valence-corrected chi connectivity index (χ0v) is 18.5. The summed E-state index contributed by atoms with van der Waals surface area (Å²) in [5.41, 5.74) is 1.26. The first-order valence-corrected chi connectivity index (χ1v) is 11.4. The summed E-state index contributed by atoms with van der Waals surface area (Å²) < 4.78 is 26.8. The highest BCUT2D eigenvalue weighted by molar-refractivity contribution is 9.10. The summed E-state index contributed by atoms with van der Waals surface area (Å²) in [5, 5.41) is 5.66. The molecule has 0 unspecified atom stereocenters. The summed E-state index contributed by atoms with van der Waals surface area (Å²) in [5.74, 6) is 0. The molecule has 158 valence electrons. The van der Waals surface area contributed by atoms with E-state index in [-0.39, 0.29) is 4.31 Å². The van der Waals surface area contributed by atoms with Crippen LogP contribution in [-0.2, 0) is 10.0 Å². The lowest BCUT2D eigenvalue weighted by molar-refractivity contribution is 0.223. The largest absolute Gasteiger partial charge is 0.344 e. The van der Waals surface area contributed by atoms with Crippen molar-refractivity contribution in [2.45, 2.75) is 0 Å². The van der Waals surface area contributed by atoms with Crippen molar-refractivity contribution in [1.82, 2.24) is 4.31 Å². The number of urea groups is 2. The Morgan fingerprint density at radius 3 is 1.77 bits per heavy atom. The van der Waals surface area contributed by atoms with E-state index < -0.39 is 22.1 Å². The van der Waals surface area contributed by atoms with E-state index in [0.29, 0.717) is 16.9 Å². The maximum Gasteiger partial charge on any atom is 0.344 e. The number of sulfonamides is 1. The predicted molar refractivity (Wildman–Crippen MR) is 125 cm³/mol. The summed E-state index contributed by atoms with van der Waals surface area (Å²) >= 11 is 3.31. The van der Waals surface area contributed by atoms with Crippen molar-refractivity contribution in [1.29, 1.82) is 0 Å². The predicted octanol–water partition coefficient (Wildman–Crippen LogP) is 5.52. The lowest BCUT2D eigenvalue weighted by Gasteiger charge is -2.20. The van der Waals surface area contributed by atoms with Crippen molar-refractivity contribution in [3.8, 4) is 0 Å². The molecule has 0 heterocycles. The number of nitrogens with one attached hydrogen (secondary N) is 2. The maximum absolute atomic E-state index is 13.0. The van der Waals surface area contributed by atoms with E-state index in [9.17, 15) is 18.0 Å². The fraction of sp³-hybridized carbons (Fsp3) is 0. The molecular weight excluding hydrogens is 482 g/mol. The van der Waals surface area contributed by atoms with Gasteiger partial charge in [0.15, 0.2) is 0 Å². The second-order valence-corrected chi connectivity index (χ2v) is 8.84. The first-order valence-electron chi connectivity index (χ1n) is 9.06. The van der Waals surface area contributed by atoms with Gasteiger partial charge in [-0.15, -0.1) is 4.31 Å². The summed E-state index contributed by atoms with van der Waals surface area (Å²) in [6, 6.07) is 21.2. The number of hydrogen-bond acceptors (Lipinski definition) is 4. The van der Waals surface area contributed by atoms with Gasteiger partial charge in [0.25, 0.3) is 10.0 Å². The van der Waals surface area contributed by atoms with Gasteiger partial charge < -0.3 is 10.6 Å². The first-order chi connectivity index (χ1) is 14.8. The van der Waals surface area contributed by atoms with Gasteiger partial charge in [0, 0.05) is 15.8 Å². The average Bonchev–Trinajstić information content (AvgIpc) is 2.74. The van der Waals surface area contributed by atoms with E-state index in [2.05, 4.69) is 26.6 Å². The van der Waals surface area contributed by atoms with Gasteiger partial charge in [0.2, 0.25) is 0 Å². The number of nitrogens with zero attached hydrogens (tertiary/aromatic N) is 1. The molecule has 2 N–H and O–H groups in total. The molecule has 0 spiro atoms. The second-order valence-electron chi connectivity index (χ2n) is 6.26. The molecule has 3 rings (SSSR count). The molecule has 0 radical (unpaired) electrons. The Balaban J connectivity index is 1.91. The van der Waals surface area contributed by atoms with Crippen LogP contribution in [0.4, 0.5) is 21.0 Å². The van der Waals surface area contributed by atoms with Gasteiger partial charge in [-0.2, -0.15) is 0 Å². The van der Waals surface area contributed by atoms with Gasteiger partial charge in [-0.3, -0.25) is 0 Å². The van der Waals surface area contributed by atoms with E-state index in [0.717, 1.165) is 9.88 Å². The lowest BCUT2D eigenvalue weighted by atomic mass is 10.2. The van der Waals surface area contributed by atoms with Gasteiger partial charge in [-0.25, -0.2) is 18.0 Å². The summed E-state index contributed by atoms with van der Waals surface area (Å²) in [6.45, 7) is 0. The third-order valence-corrected chi connectivity index (χ3v) is 5.77. The van der Waals surface area contributed by atoms with Gasteiger partial charge >= 0.3 is 12.1 Å². The number of halogens is 1. The van der Waals surface area contributed by atoms with Crippen LogP contribution in [-0.4, -0.2) is 24.8 Å². The van der Waals surface area contributed by atoms with Gasteiger partial charge in [-0.1, -0.05) is 64.5 Å². The minimum Gasteiger partial charge on any atom is -0.307 e. The van der Waals surface area contributed by atoms with Crippen LogP contribution in [0.25, 0.3) is 6.08 Å². The molecular formula is C22H18BrN3O4S. The highest BCUT2D eigenvalue weighted by atomic mass is 79.9. The Kier molecular flexibility index (Phi) is 7.22. The number of carbonyl (C=O) groups is 2. The fourth-order valence-corrected chi connectivity index (χ4v) is 3.97. The van der Waals surface area contributed by atoms with E-state index >= 15 is 0 Å². The molecule has 0 saturated carbocycles. The van der Waals surface area contributed by atoms with Crippen LogP contribution in [0.15, 0.2) is 94.8 Å². The molecule has 7 nitrogen and oxygen atoms in total. The molecule has 31 heavy (non-hydrogen) atoms. The van der Waals surface area contributed by atoms with Gasteiger partial charge in [0.05, 0.1) is 5.41 Å².